The van der Waals surface area contributed by atoms with Gasteiger partial charge in [-0.05, 0) is 19.4 Å². The Morgan fingerprint density at radius 1 is 1.28 bits per heavy atom. The molecule has 0 atom stereocenters. The molecular weight excluding hydrogens is 243 g/mol. The van der Waals surface area contributed by atoms with Gasteiger partial charge in [0.2, 0.25) is 0 Å². The van der Waals surface area contributed by atoms with Gasteiger partial charge in [-0.2, -0.15) is 13.2 Å². The van der Waals surface area contributed by atoms with Gasteiger partial charge in [-0.15, -0.1) is 0 Å². The molecule has 0 radical (unpaired) electrons. The number of nitrogens with zero attached hydrogens (tertiary/aromatic N) is 1. The largest absolute Gasteiger partial charge is 0.432 e. The molecule has 0 fully saturated rings. The van der Waals surface area contributed by atoms with Gasteiger partial charge >= 0.3 is 6.18 Å². The van der Waals surface area contributed by atoms with E-state index in [-0.39, 0.29) is 5.56 Å². The summed E-state index contributed by atoms with van der Waals surface area (Å²) in [7, 11) is 1.34. The maximum atomic E-state index is 13.1. The minimum atomic E-state index is -4.54. The van der Waals surface area contributed by atoms with Crippen molar-refractivity contribution >= 4 is 16.7 Å². The van der Waals surface area contributed by atoms with E-state index in [0.717, 1.165) is 11.5 Å². The summed E-state index contributed by atoms with van der Waals surface area (Å²) in [6, 6.07) is 4.94. The Bertz CT molecular complexity index is 638. The fourth-order valence-electron chi connectivity index (χ4n) is 2.40. The van der Waals surface area contributed by atoms with Gasteiger partial charge in [-0.25, -0.2) is 0 Å². The van der Waals surface area contributed by atoms with Crippen LogP contribution in [0.5, 0.6) is 0 Å². The molecule has 1 aromatic heterocycles. The number of fused-ring (bicyclic) bond motifs is 1. The van der Waals surface area contributed by atoms with Crippen molar-refractivity contribution in [1.29, 1.82) is 0 Å². The van der Waals surface area contributed by atoms with Crippen molar-refractivity contribution in [3.63, 3.8) is 0 Å². The monoisotopic (exact) mass is 255 g/mol. The highest BCUT2D eigenvalue weighted by Gasteiger charge is 2.39. The first-order valence-electron chi connectivity index (χ1n) is 5.41. The number of hydrogen-bond acceptors (Lipinski definition) is 1. The standard InChI is InChI=1S/C13H12F3NO/c1-7-5-4-6-9-10(8(2)18)12(13(14,15)16)17(3)11(7)9/h4-6H,1-3H3. The number of ketones is 1. The molecule has 0 unspecified atom stereocenters. The summed E-state index contributed by atoms with van der Waals surface area (Å²) in [6.45, 7) is 2.89. The van der Waals surface area contributed by atoms with E-state index in [4.69, 9.17) is 0 Å². The van der Waals surface area contributed by atoms with Crippen LogP contribution in [-0.2, 0) is 13.2 Å². The number of para-hydroxylation sites is 1. The highest BCUT2D eigenvalue weighted by molar-refractivity contribution is 6.09. The van der Waals surface area contributed by atoms with Gasteiger partial charge in [0.05, 0.1) is 11.1 Å². The van der Waals surface area contributed by atoms with E-state index in [1.165, 1.54) is 7.05 Å². The zero-order valence-electron chi connectivity index (χ0n) is 10.2. The van der Waals surface area contributed by atoms with E-state index >= 15 is 0 Å². The average Bonchev–Trinajstić information content (AvgIpc) is 2.52. The van der Waals surface area contributed by atoms with Crippen LogP contribution in [-0.4, -0.2) is 10.4 Å². The number of Topliss-reactive ketones (excluding diaryl/α,β-unsaturated/α-hetero) is 1. The summed E-state index contributed by atoms with van der Waals surface area (Å²) in [5.41, 5.74) is 0.0472. The van der Waals surface area contributed by atoms with Crippen LogP contribution in [0.1, 0.15) is 28.5 Å². The van der Waals surface area contributed by atoms with E-state index in [1.54, 1.807) is 25.1 Å². The fourth-order valence-corrected chi connectivity index (χ4v) is 2.40. The molecule has 1 heterocycles. The first kappa shape index (κ1) is 12.7. The van der Waals surface area contributed by atoms with Gasteiger partial charge in [-0.3, -0.25) is 4.79 Å². The second kappa shape index (κ2) is 3.86. The maximum absolute atomic E-state index is 13.1. The second-order valence-corrected chi connectivity index (χ2v) is 4.31. The van der Waals surface area contributed by atoms with E-state index < -0.39 is 17.7 Å². The third-order valence-electron chi connectivity index (χ3n) is 3.04. The summed E-state index contributed by atoms with van der Waals surface area (Å²) in [5, 5.41) is 0.359. The number of carbonyl (C=O) groups excluding carboxylic acids is 1. The minimum Gasteiger partial charge on any atom is -0.339 e. The van der Waals surface area contributed by atoms with Crippen LogP contribution >= 0.6 is 0 Å². The molecule has 0 saturated heterocycles. The van der Waals surface area contributed by atoms with Crippen LogP contribution in [0.4, 0.5) is 13.2 Å². The molecule has 2 rings (SSSR count). The van der Waals surface area contributed by atoms with Gasteiger partial charge in [0.15, 0.2) is 5.78 Å². The second-order valence-electron chi connectivity index (χ2n) is 4.31. The van der Waals surface area contributed by atoms with Crippen molar-refractivity contribution < 1.29 is 18.0 Å². The highest BCUT2D eigenvalue weighted by Crippen LogP contribution is 2.38. The molecule has 2 aromatic rings. The Balaban J connectivity index is 3.02. The summed E-state index contributed by atoms with van der Waals surface area (Å²) in [6.07, 6.45) is -4.54. The molecular formula is C13H12F3NO. The van der Waals surface area contributed by atoms with Crippen molar-refractivity contribution in [3.8, 4) is 0 Å². The summed E-state index contributed by atoms with van der Waals surface area (Å²) >= 11 is 0. The topological polar surface area (TPSA) is 22.0 Å². The Morgan fingerprint density at radius 2 is 1.89 bits per heavy atom. The zero-order valence-corrected chi connectivity index (χ0v) is 10.2. The predicted molar refractivity (Wildman–Crippen MR) is 62.7 cm³/mol. The average molecular weight is 255 g/mol. The zero-order chi connectivity index (χ0) is 13.7. The number of halogens is 3. The number of aromatic nitrogens is 1. The van der Waals surface area contributed by atoms with Gasteiger partial charge in [0.25, 0.3) is 0 Å². The van der Waals surface area contributed by atoms with Crippen LogP contribution in [0.2, 0.25) is 0 Å². The van der Waals surface area contributed by atoms with Crippen LogP contribution in [0.15, 0.2) is 18.2 Å². The molecule has 0 spiro atoms. The van der Waals surface area contributed by atoms with Gasteiger partial charge in [0.1, 0.15) is 5.69 Å². The van der Waals surface area contributed by atoms with Crippen LogP contribution in [0.3, 0.4) is 0 Å². The number of alkyl halides is 3. The molecule has 5 heteroatoms. The maximum Gasteiger partial charge on any atom is 0.432 e. The van der Waals surface area contributed by atoms with E-state index in [1.807, 2.05) is 0 Å². The van der Waals surface area contributed by atoms with Gasteiger partial charge in [-0.1, -0.05) is 18.2 Å². The van der Waals surface area contributed by atoms with Crippen LogP contribution in [0, 0.1) is 6.92 Å². The van der Waals surface area contributed by atoms with E-state index in [9.17, 15) is 18.0 Å². The summed E-state index contributed by atoms with van der Waals surface area (Å²) in [5.74, 6) is -0.571. The predicted octanol–water partition coefficient (Wildman–Crippen LogP) is 3.71. The van der Waals surface area contributed by atoms with E-state index in [2.05, 4.69) is 0 Å². The third kappa shape index (κ3) is 1.70. The minimum absolute atomic E-state index is 0.247. The number of carbonyl (C=O) groups is 1. The Kier molecular flexibility index (Phi) is 2.72. The van der Waals surface area contributed by atoms with Crippen LogP contribution in [0.25, 0.3) is 10.9 Å². The van der Waals surface area contributed by atoms with Crippen LogP contribution < -0.4 is 0 Å². The summed E-state index contributed by atoms with van der Waals surface area (Å²) in [4.78, 5) is 11.5. The molecule has 2 nitrogen and oxygen atoms in total. The third-order valence-corrected chi connectivity index (χ3v) is 3.04. The lowest BCUT2D eigenvalue weighted by molar-refractivity contribution is -0.143. The highest BCUT2D eigenvalue weighted by atomic mass is 19.4. The molecule has 0 aliphatic heterocycles. The lowest BCUT2D eigenvalue weighted by atomic mass is 10.1. The smallest absolute Gasteiger partial charge is 0.339 e. The molecule has 96 valence electrons. The molecule has 1 aromatic carbocycles. The molecule has 18 heavy (non-hydrogen) atoms. The normalized spacial score (nSPS) is 12.1. The first-order chi connectivity index (χ1) is 8.25. The van der Waals surface area contributed by atoms with Crippen molar-refractivity contribution in [2.24, 2.45) is 7.05 Å². The molecule has 0 amide bonds. The number of rotatable bonds is 1. The Labute approximate surface area is 102 Å². The fraction of sp³-hybridized carbons (Fsp3) is 0.308. The molecule has 0 aliphatic rings. The van der Waals surface area contributed by atoms with E-state index in [0.29, 0.717) is 16.5 Å². The first-order valence-corrected chi connectivity index (χ1v) is 5.41. The number of hydrogen-bond donors (Lipinski definition) is 0. The van der Waals surface area contributed by atoms with Crippen molar-refractivity contribution in [1.82, 2.24) is 4.57 Å². The Hall–Kier alpha value is -1.78. The van der Waals surface area contributed by atoms with Crippen molar-refractivity contribution in [3.05, 3.63) is 35.0 Å². The molecule has 0 saturated carbocycles. The van der Waals surface area contributed by atoms with Crippen molar-refractivity contribution in [2.75, 3.05) is 0 Å². The molecule has 0 bridgehead atoms. The SMILES string of the molecule is CC(=O)c1c(C(F)(F)F)n(C)c2c(C)cccc12. The van der Waals surface area contributed by atoms with Gasteiger partial charge < -0.3 is 4.57 Å². The number of benzene rings is 1. The molecule has 0 N–H and O–H groups in total. The number of aryl methyl sites for hydroxylation is 2. The lowest BCUT2D eigenvalue weighted by Gasteiger charge is -2.10. The lowest BCUT2D eigenvalue weighted by Crippen LogP contribution is -2.15. The summed E-state index contributed by atoms with van der Waals surface area (Å²) < 4.78 is 40.3. The van der Waals surface area contributed by atoms with Gasteiger partial charge in [0, 0.05) is 12.4 Å². The Morgan fingerprint density at radius 3 is 2.39 bits per heavy atom. The molecule has 0 aliphatic carbocycles. The quantitative estimate of drug-likeness (QED) is 0.712. The van der Waals surface area contributed by atoms with Crippen molar-refractivity contribution in [2.45, 2.75) is 20.0 Å².